The molecule has 4 nitrogen and oxygen atoms in total. The third-order valence-corrected chi connectivity index (χ3v) is 4.07. The third kappa shape index (κ3) is 4.82. The molecule has 22 heavy (non-hydrogen) atoms. The van der Waals surface area contributed by atoms with E-state index in [1.54, 1.807) is 0 Å². The average molecular weight is 305 g/mol. The van der Waals surface area contributed by atoms with Gasteiger partial charge in [-0.25, -0.2) is 0 Å². The molecule has 0 bridgehead atoms. The number of amides is 1. The molecule has 0 saturated heterocycles. The van der Waals surface area contributed by atoms with Crippen molar-refractivity contribution in [3.63, 3.8) is 0 Å². The highest BCUT2D eigenvalue weighted by Crippen LogP contribution is 2.24. The maximum absolute atomic E-state index is 12.4. The van der Waals surface area contributed by atoms with Gasteiger partial charge in [-0.05, 0) is 45.2 Å². The van der Waals surface area contributed by atoms with Gasteiger partial charge in [0.05, 0.1) is 18.3 Å². The number of nitrogens with one attached hydrogen (secondary N) is 1. The van der Waals surface area contributed by atoms with Crippen molar-refractivity contribution in [3.05, 3.63) is 35.4 Å². The van der Waals surface area contributed by atoms with Crippen LogP contribution in [0.5, 0.6) is 0 Å². The molecule has 0 heterocycles. The van der Waals surface area contributed by atoms with Crippen LogP contribution in [-0.4, -0.2) is 29.3 Å². The summed E-state index contributed by atoms with van der Waals surface area (Å²) < 4.78 is 5.78. The third-order valence-electron chi connectivity index (χ3n) is 4.07. The molecule has 1 aromatic carbocycles. The first kappa shape index (κ1) is 17.0. The lowest BCUT2D eigenvalue weighted by molar-refractivity contribution is -0.0152. The number of carbonyl (C=O) groups excluding carboxylic acids is 1. The predicted octanol–water partition coefficient (Wildman–Crippen LogP) is 2.89. The van der Waals surface area contributed by atoms with Crippen molar-refractivity contribution in [2.24, 2.45) is 5.92 Å². The zero-order valence-corrected chi connectivity index (χ0v) is 13.8. The van der Waals surface area contributed by atoms with Gasteiger partial charge in [-0.15, -0.1) is 0 Å². The Morgan fingerprint density at radius 1 is 1.32 bits per heavy atom. The van der Waals surface area contributed by atoms with E-state index < -0.39 is 0 Å². The van der Waals surface area contributed by atoms with Crippen molar-refractivity contribution in [2.45, 2.75) is 58.3 Å². The smallest absolute Gasteiger partial charge is 0.251 e. The molecular weight excluding hydrogens is 278 g/mol. The lowest BCUT2D eigenvalue weighted by Crippen LogP contribution is -2.33. The molecule has 1 saturated carbocycles. The number of rotatable bonds is 5. The van der Waals surface area contributed by atoms with Crippen molar-refractivity contribution in [3.8, 4) is 0 Å². The van der Waals surface area contributed by atoms with E-state index >= 15 is 0 Å². The minimum atomic E-state index is -0.278. The van der Waals surface area contributed by atoms with Crippen LogP contribution in [0, 0.1) is 5.92 Å². The van der Waals surface area contributed by atoms with Crippen LogP contribution in [0.3, 0.4) is 0 Å². The summed E-state index contributed by atoms with van der Waals surface area (Å²) in [6.07, 6.45) is 2.59. The standard InChI is InChI=1S/C18H27NO3/c1-18(2,3)22-12-14-7-4-5-9-15(14)17(21)19-11-13-8-6-10-16(13)20/h4-5,7,9,13,16,20H,6,8,10-12H2,1-3H3,(H,19,21)/t13-,16+/m1/s1. The van der Waals surface area contributed by atoms with Gasteiger partial charge in [0.25, 0.3) is 5.91 Å². The molecule has 0 radical (unpaired) electrons. The molecule has 1 aromatic rings. The largest absolute Gasteiger partial charge is 0.393 e. The van der Waals surface area contributed by atoms with E-state index in [0.29, 0.717) is 18.7 Å². The van der Waals surface area contributed by atoms with Gasteiger partial charge in [0.1, 0.15) is 0 Å². The Morgan fingerprint density at radius 2 is 2.05 bits per heavy atom. The zero-order chi connectivity index (χ0) is 16.2. The molecule has 2 N–H and O–H groups in total. The Morgan fingerprint density at radius 3 is 2.68 bits per heavy atom. The molecule has 1 fully saturated rings. The van der Waals surface area contributed by atoms with Crippen LogP contribution < -0.4 is 5.32 Å². The fourth-order valence-corrected chi connectivity index (χ4v) is 2.74. The van der Waals surface area contributed by atoms with Gasteiger partial charge < -0.3 is 15.2 Å². The van der Waals surface area contributed by atoms with Gasteiger partial charge in [-0.3, -0.25) is 4.79 Å². The van der Waals surface area contributed by atoms with Crippen molar-refractivity contribution >= 4 is 5.91 Å². The SMILES string of the molecule is CC(C)(C)OCc1ccccc1C(=O)NC[C@H]1CCC[C@@H]1O. The number of aliphatic hydroxyl groups excluding tert-OH is 1. The predicted molar refractivity (Wildman–Crippen MR) is 86.7 cm³/mol. The van der Waals surface area contributed by atoms with Crippen LogP contribution in [0.4, 0.5) is 0 Å². The van der Waals surface area contributed by atoms with Gasteiger partial charge in [0.15, 0.2) is 0 Å². The summed E-state index contributed by atoms with van der Waals surface area (Å²) in [6.45, 7) is 6.94. The van der Waals surface area contributed by atoms with Crippen molar-refractivity contribution in [1.29, 1.82) is 0 Å². The minimum Gasteiger partial charge on any atom is -0.393 e. The highest BCUT2D eigenvalue weighted by atomic mass is 16.5. The number of hydrogen-bond acceptors (Lipinski definition) is 3. The van der Waals surface area contributed by atoms with Crippen LogP contribution in [0.25, 0.3) is 0 Å². The first-order chi connectivity index (χ1) is 10.4. The second-order valence-corrected chi connectivity index (χ2v) is 7.03. The number of hydrogen-bond donors (Lipinski definition) is 2. The van der Waals surface area contributed by atoms with Gasteiger partial charge in [0, 0.05) is 18.0 Å². The van der Waals surface area contributed by atoms with E-state index in [4.69, 9.17) is 4.74 Å². The van der Waals surface area contributed by atoms with Crippen molar-refractivity contribution in [2.75, 3.05) is 6.54 Å². The lowest BCUT2D eigenvalue weighted by atomic mass is 10.0. The fraction of sp³-hybridized carbons (Fsp3) is 0.611. The highest BCUT2D eigenvalue weighted by Gasteiger charge is 2.25. The Balaban J connectivity index is 1.96. The molecule has 0 aromatic heterocycles. The summed E-state index contributed by atoms with van der Waals surface area (Å²) in [5.74, 6) is 0.0918. The Hall–Kier alpha value is -1.39. The minimum absolute atomic E-state index is 0.0905. The first-order valence-corrected chi connectivity index (χ1v) is 8.05. The van der Waals surface area contributed by atoms with Crippen LogP contribution in [0.1, 0.15) is 56.0 Å². The van der Waals surface area contributed by atoms with Gasteiger partial charge >= 0.3 is 0 Å². The first-order valence-electron chi connectivity index (χ1n) is 8.05. The van der Waals surface area contributed by atoms with Gasteiger partial charge in [-0.1, -0.05) is 24.6 Å². The van der Waals surface area contributed by atoms with Gasteiger partial charge in [-0.2, -0.15) is 0 Å². The molecular formula is C18H27NO3. The summed E-state index contributed by atoms with van der Waals surface area (Å²) in [5.41, 5.74) is 1.30. The van der Waals surface area contributed by atoms with Crippen LogP contribution >= 0.6 is 0 Å². The Kier molecular flexibility index (Phi) is 5.59. The number of ether oxygens (including phenoxy) is 1. The topological polar surface area (TPSA) is 58.6 Å². The van der Waals surface area contributed by atoms with E-state index in [2.05, 4.69) is 5.32 Å². The number of benzene rings is 1. The Labute approximate surface area is 132 Å². The second kappa shape index (κ2) is 7.25. The molecule has 122 valence electrons. The summed E-state index contributed by atoms with van der Waals surface area (Å²) in [6, 6.07) is 7.52. The van der Waals surface area contributed by atoms with Crippen LogP contribution in [-0.2, 0) is 11.3 Å². The van der Waals surface area contributed by atoms with E-state index in [9.17, 15) is 9.90 Å². The summed E-state index contributed by atoms with van der Waals surface area (Å²) in [4.78, 5) is 12.4. The quantitative estimate of drug-likeness (QED) is 0.879. The molecule has 0 unspecified atom stereocenters. The highest BCUT2D eigenvalue weighted by molar-refractivity contribution is 5.95. The molecule has 0 aliphatic heterocycles. The molecule has 4 heteroatoms. The van der Waals surface area contributed by atoms with E-state index in [0.717, 1.165) is 24.8 Å². The zero-order valence-electron chi connectivity index (χ0n) is 13.8. The normalized spacial score (nSPS) is 21.8. The molecule has 1 aliphatic rings. The summed E-state index contributed by atoms with van der Waals surface area (Å²) in [5, 5.41) is 12.8. The maximum atomic E-state index is 12.4. The second-order valence-electron chi connectivity index (χ2n) is 7.03. The molecule has 0 spiro atoms. The van der Waals surface area contributed by atoms with E-state index in [1.807, 2.05) is 45.0 Å². The van der Waals surface area contributed by atoms with Crippen molar-refractivity contribution < 1.29 is 14.6 Å². The monoisotopic (exact) mass is 305 g/mol. The van der Waals surface area contributed by atoms with Crippen molar-refractivity contribution in [1.82, 2.24) is 5.32 Å². The number of aliphatic hydroxyl groups is 1. The molecule has 1 amide bonds. The van der Waals surface area contributed by atoms with Gasteiger partial charge in [0.2, 0.25) is 0 Å². The summed E-state index contributed by atoms with van der Waals surface area (Å²) >= 11 is 0. The van der Waals surface area contributed by atoms with Crippen LogP contribution in [0.15, 0.2) is 24.3 Å². The molecule has 2 rings (SSSR count). The average Bonchev–Trinajstić information content (AvgIpc) is 2.87. The lowest BCUT2D eigenvalue weighted by Gasteiger charge is -2.21. The van der Waals surface area contributed by atoms with E-state index in [-0.39, 0.29) is 23.5 Å². The van der Waals surface area contributed by atoms with Crippen LogP contribution in [0.2, 0.25) is 0 Å². The Bertz CT molecular complexity index is 507. The maximum Gasteiger partial charge on any atom is 0.251 e. The summed E-state index contributed by atoms with van der Waals surface area (Å²) in [7, 11) is 0. The molecule has 1 aliphatic carbocycles. The molecule has 2 atom stereocenters. The number of carbonyl (C=O) groups is 1. The fourth-order valence-electron chi connectivity index (χ4n) is 2.74. The van der Waals surface area contributed by atoms with E-state index in [1.165, 1.54) is 0 Å².